The molecule has 0 amide bonds. The van der Waals surface area contributed by atoms with Crippen molar-refractivity contribution in [2.75, 3.05) is 0 Å². The molecule has 0 unspecified atom stereocenters. The van der Waals surface area contributed by atoms with Gasteiger partial charge in [-0.2, -0.15) is 0 Å². The van der Waals surface area contributed by atoms with Crippen LogP contribution in [0.3, 0.4) is 0 Å². The van der Waals surface area contributed by atoms with Crippen molar-refractivity contribution in [1.82, 2.24) is 0 Å². The molecule has 13 heavy (non-hydrogen) atoms. The molecule has 1 rings (SSSR count). The first kappa shape index (κ1) is 10.1. The molecule has 0 radical (unpaired) electrons. The maximum Gasteiger partial charge on any atom is 0.120 e. The third-order valence-electron chi connectivity index (χ3n) is 2.50. The number of hydrogen-bond donors (Lipinski definition) is 2. The van der Waals surface area contributed by atoms with Crippen LogP contribution in [0.15, 0.2) is 18.2 Å². The quantitative estimate of drug-likeness (QED) is 0.731. The van der Waals surface area contributed by atoms with Gasteiger partial charge in [0.25, 0.3) is 0 Å². The van der Waals surface area contributed by atoms with Crippen LogP contribution in [0.4, 0.5) is 0 Å². The Morgan fingerprint density at radius 3 is 2.62 bits per heavy atom. The summed E-state index contributed by atoms with van der Waals surface area (Å²) in [6.07, 6.45) is 0.810. The summed E-state index contributed by atoms with van der Waals surface area (Å²) in [5.41, 5.74) is 7.56. The zero-order chi connectivity index (χ0) is 10.1. The van der Waals surface area contributed by atoms with Gasteiger partial charge in [0.2, 0.25) is 0 Å². The molecular formula is C11H17NO. The minimum absolute atomic E-state index is 0.289. The van der Waals surface area contributed by atoms with E-state index >= 15 is 0 Å². The van der Waals surface area contributed by atoms with Gasteiger partial charge in [0.05, 0.1) is 0 Å². The van der Waals surface area contributed by atoms with E-state index in [1.807, 2.05) is 32.9 Å². The van der Waals surface area contributed by atoms with Crippen LogP contribution in [0.5, 0.6) is 5.75 Å². The second kappa shape index (κ2) is 3.38. The van der Waals surface area contributed by atoms with Gasteiger partial charge in [-0.15, -0.1) is 0 Å². The van der Waals surface area contributed by atoms with Crippen molar-refractivity contribution in [1.29, 1.82) is 0 Å². The van der Waals surface area contributed by atoms with E-state index < -0.39 is 5.54 Å². The maximum atomic E-state index is 9.62. The molecule has 0 spiro atoms. The van der Waals surface area contributed by atoms with Gasteiger partial charge in [0.1, 0.15) is 5.75 Å². The molecule has 0 saturated carbocycles. The second-order valence-corrected chi connectivity index (χ2v) is 3.79. The zero-order valence-electron chi connectivity index (χ0n) is 8.46. The number of phenolic OH excluding ortho intramolecular Hbond substituents is 1. The molecule has 1 aromatic rings. The lowest BCUT2D eigenvalue weighted by atomic mass is 9.89. The molecule has 2 nitrogen and oxygen atoms in total. The van der Waals surface area contributed by atoms with E-state index in [0.717, 1.165) is 17.5 Å². The zero-order valence-corrected chi connectivity index (χ0v) is 8.46. The molecule has 0 aliphatic rings. The number of hydrogen-bond acceptors (Lipinski definition) is 2. The van der Waals surface area contributed by atoms with E-state index in [1.54, 1.807) is 6.07 Å². The van der Waals surface area contributed by atoms with Crippen LogP contribution in [0.1, 0.15) is 31.4 Å². The van der Waals surface area contributed by atoms with E-state index in [1.165, 1.54) is 0 Å². The molecule has 0 aliphatic carbocycles. The molecular weight excluding hydrogens is 162 g/mol. The Bertz CT molecular complexity index is 305. The Morgan fingerprint density at radius 1 is 1.46 bits per heavy atom. The number of aromatic hydroxyl groups is 1. The maximum absolute atomic E-state index is 9.62. The first-order chi connectivity index (χ1) is 5.97. The van der Waals surface area contributed by atoms with Gasteiger partial charge in [0, 0.05) is 11.1 Å². The molecule has 3 N–H and O–H groups in total. The summed E-state index contributed by atoms with van der Waals surface area (Å²) >= 11 is 0. The summed E-state index contributed by atoms with van der Waals surface area (Å²) < 4.78 is 0. The number of benzene rings is 1. The van der Waals surface area contributed by atoms with Crippen LogP contribution in [0.2, 0.25) is 0 Å². The van der Waals surface area contributed by atoms with Gasteiger partial charge in [0.15, 0.2) is 0 Å². The van der Waals surface area contributed by atoms with Crippen molar-refractivity contribution in [2.45, 2.75) is 32.7 Å². The third-order valence-corrected chi connectivity index (χ3v) is 2.50. The SMILES string of the molecule is CC[C@](C)(N)c1cc(C)ccc1O. The highest BCUT2D eigenvalue weighted by atomic mass is 16.3. The Labute approximate surface area is 79.4 Å². The Balaban J connectivity index is 3.20. The Morgan fingerprint density at radius 2 is 2.08 bits per heavy atom. The standard InChI is InChI=1S/C11H17NO/c1-4-11(3,12)9-7-8(2)5-6-10(9)13/h5-7,13H,4,12H2,1-3H3/t11-/m0/s1. The highest BCUT2D eigenvalue weighted by molar-refractivity contribution is 5.40. The smallest absolute Gasteiger partial charge is 0.120 e. The fourth-order valence-electron chi connectivity index (χ4n) is 1.30. The van der Waals surface area contributed by atoms with Crippen molar-refractivity contribution < 1.29 is 5.11 Å². The molecule has 0 aromatic heterocycles. The van der Waals surface area contributed by atoms with Crippen LogP contribution >= 0.6 is 0 Å². The minimum atomic E-state index is -0.434. The molecule has 1 aromatic carbocycles. The van der Waals surface area contributed by atoms with E-state index in [2.05, 4.69) is 0 Å². The molecule has 0 heterocycles. The van der Waals surface area contributed by atoms with Crippen molar-refractivity contribution in [3.8, 4) is 5.75 Å². The molecule has 0 aliphatic heterocycles. The highest BCUT2D eigenvalue weighted by Gasteiger charge is 2.21. The monoisotopic (exact) mass is 179 g/mol. The summed E-state index contributed by atoms with van der Waals surface area (Å²) in [6.45, 7) is 5.94. The van der Waals surface area contributed by atoms with Crippen molar-refractivity contribution in [3.63, 3.8) is 0 Å². The molecule has 0 saturated heterocycles. The molecule has 0 bridgehead atoms. The number of nitrogens with two attached hydrogens (primary N) is 1. The lowest BCUT2D eigenvalue weighted by molar-refractivity contribution is 0.416. The lowest BCUT2D eigenvalue weighted by Crippen LogP contribution is -2.32. The summed E-state index contributed by atoms with van der Waals surface area (Å²) in [5, 5.41) is 9.62. The average Bonchev–Trinajstić information content (AvgIpc) is 2.09. The average molecular weight is 179 g/mol. The fourth-order valence-corrected chi connectivity index (χ4v) is 1.30. The summed E-state index contributed by atoms with van der Waals surface area (Å²) in [7, 11) is 0. The van der Waals surface area contributed by atoms with Crippen LogP contribution in [0.25, 0.3) is 0 Å². The van der Waals surface area contributed by atoms with Crippen molar-refractivity contribution >= 4 is 0 Å². The van der Waals surface area contributed by atoms with Gasteiger partial charge in [-0.25, -0.2) is 0 Å². The van der Waals surface area contributed by atoms with Gasteiger partial charge in [-0.1, -0.05) is 24.6 Å². The first-order valence-corrected chi connectivity index (χ1v) is 4.56. The van der Waals surface area contributed by atoms with E-state index in [-0.39, 0.29) is 5.75 Å². The largest absolute Gasteiger partial charge is 0.508 e. The van der Waals surface area contributed by atoms with E-state index in [4.69, 9.17) is 5.73 Å². The second-order valence-electron chi connectivity index (χ2n) is 3.79. The van der Waals surface area contributed by atoms with Crippen molar-refractivity contribution in [3.05, 3.63) is 29.3 Å². The fraction of sp³-hybridized carbons (Fsp3) is 0.455. The number of aryl methyl sites for hydroxylation is 1. The van der Waals surface area contributed by atoms with E-state index in [9.17, 15) is 5.11 Å². The Kier molecular flexibility index (Phi) is 2.62. The summed E-state index contributed by atoms with van der Waals surface area (Å²) in [4.78, 5) is 0. The first-order valence-electron chi connectivity index (χ1n) is 4.56. The van der Waals surface area contributed by atoms with Crippen LogP contribution in [-0.2, 0) is 5.54 Å². The van der Waals surface area contributed by atoms with Gasteiger partial charge in [-0.3, -0.25) is 0 Å². The third kappa shape index (κ3) is 2.01. The predicted molar refractivity (Wildman–Crippen MR) is 54.7 cm³/mol. The summed E-state index contributed by atoms with van der Waals surface area (Å²) in [5.74, 6) is 0.289. The van der Waals surface area contributed by atoms with Crippen LogP contribution in [-0.4, -0.2) is 5.11 Å². The van der Waals surface area contributed by atoms with Crippen LogP contribution in [0, 0.1) is 6.92 Å². The topological polar surface area (TPSA) is 46.2 Å². The predicted octanol–water partition coefficient (Wildman–Crippen LogP) is 2.28. The molecule has 72 valence electrons. The van der Waals surface area contributed by atoms with Gasteiger partial charge < -0.3 is 10.8 Å². The number of phenols is 1. The normalized spacial score (nSPS) is 15.4. The van der Waals surface area contributed by atoms with E-state index in [0.29, 0.717) is 0 Å². The van der Waals surface area contributed by atoms with Crippen molar-refractivity contribution in [2.24, 2.45) is 5.73 Å². The molecule has 0 fully saturated rings. The lowest BCUT2D eigenvalue weighted by Gasteiger charge is -2.24. The summed E-state index contributed by atoms with van der Waals surface area (Å²) in [6, 6.07) is 5.52. The van der Waals surface area contributed by atoms with Crippen LogP contribution < -0.4 is 5.73 Å². The minimum Gasteiger partial charge on any atom is -0.508 e. The van der Waals surface area contributed by atoms with Gasteiger partial charge in [-0.05, 0) is 26.3 Å². The molecule has 2 heteroatoms. The molecule has 1 atom stereocenters. The highest BCUT2D eigenvalue weighted by Crippen LogP contribution is 2.30. The van der Waals surface area contributed by atoms with Gasteiger partial charge >= 0.3 is 0 Å². The number of rotatable bonds is 2. The Hall–Kier alpha value is -1.02.